The summed E-state index contributed by atoms with van der Waals surface area (Å²) in [6.45, 7) is 3.77. The molecule has 1 aromatic rings. The van der Waals surface area contributed by atoms with E-state index in [1.807, 2.05) is 38.1 Å². The maximum Gasteiger partial charge on any atom is 0.237 e. The first-order chi connectivity index (χ1) is 8.10. The highest BCUT2D eigenvalue weighted by Gasteiger charge is 2.16. The average Bonchev–Trinajstić information content (AvgIpc) is 2.37. The minimum atomic E-state index is -0.202. The number of carbonyl (C=O) groups is 1. The Bertz CT molecular complexity index is 379. The predicted octanol–water partition coefficient (Wildman–Crippen LogP) is 1.48. The molecule has 1 unspecified atom stereocenters. The van der Waals surface area contributed by atoms with Gasteiger partial charge in [-0.25, -0.2) is 0 Å². The van der Waals surface area contributed by atoms with E-state index in [0.717, 1.165) is 11.3 Å². The number of carbonyl (C=O) groups excluding carboxylic acids is 1. The lowest BCUT2D eigenvalue weighted by molar-refractivity contribution is -0.123. The van der Waals surface area contributed by atoms with E-state index in [0.29, 0.717) is 0 Å². The van der Waals surface area contributed by atoms with Crippen LogP contribution in [0.5, 0.6) is 5.75 Å². The summed E-state index contributed by atoms with van der Waals surface area (Å²) in [5.74, 6) is 0.767. The molecule has 1 aromatic carbocycles. The number of amides is 1. The highest BCUT2D eigenvalue weighted by atomic mass is 16.5. The van der Waals surface area contributed by atoms with Crippen LogP contribution >= 0.6 is 0 Å². The summed E-state index contributed by atoms with van der Waals surface area (Å²) in [5, 5.41) is 5.85. The van der Waals surface area contributed by atoms with Gasteiger partial charge >= 0.3 is 0 Å². The van der Waals surface area contributed by atoms with Gasteiger partial charge in [-0.1, -0.05) is 18.2 Å². The number of hydrogen-bond donors (Lipinski definition) is 2. The Morgan fingerprint density at radius 3 is 2.53 bits per heavy atom. The Kier molecular flexibility index (Phi) is 4.97. The molecular formula is C13H20N2O2. The summed E-state index contributed by atoms with van der Waals surface area (Å²) in [7, 11) is 3.39. The molecular weight excluding hydrogens is 216 g/mol. The molecule has 0 heterocycles. The minimum absolute atomic E-state index is 0.0223. The maximum atomic E-state index is 11.7. The minimum Gasteiger partial charge on any atom is -0.496 e. The Hall–Kier alpha value is -1.55. The van der Waals surface area contributed by atoms with Crippen molar-refractivity contribution >= 4 is 5.91 Å². The molecule has 0 aliphatic carbocycles. The van der Waals surface area contributed by atoms with Gasteiger partial charge in [0.2, 0.25) is 5.91 Å². The van der Waals surface area contributed by atoms with Gasteiger partial charge in [-0.3, -0.25) is 4.79 Å². The molecule has 0 radical (unpaired) electrons. The average molecular weight is 236 g/mol. The van der Waals surface area contributed by atoms with Crippen LogP contribution in [0.3, 0.4) is 0 Å². The van der Waals surface area contributed by atoms with E-state index in [1.165, 1.54) is 0 Å². The first-order valence-electron chi connectivity index (χ1n) is 5.70. The van der Waals surface area contributed by atoms with Crippen LogP contribution in [0.1, 0.15) is 25.5 Å². The molecule has 0 spiro atoms. The van der Waals surface area contributed by atoms with Crippen molar-refractivity contribution in [3.63, 3.8) is 0 Å². The molecule has 0 saturated carbocycles. The zero-order chi connectivity index (χ0) is 12.8. The number of rotatable bonds is 5. The molecule has 0 saturated heterocycles. The van der Waals surface area contributed by atoms with E-state index in [1.54, 1.807) is 14.2 Å². The normalized spacial score (nSPS) is 13.9. The predicted molar refractivity (Wildman–Crippen MR) is 68.1 cm³/mol. The summed E-state index contributed by atoms with van der Waals surface area (Å²) < 4.78 is 5.27. The molecule has 0 bridgehead atoms. The molecule has 1 rings (SSSR count). The van der Waals surface area contributed by atoms with Gasteiger partial charge in [-0.05, 0) is 27.0 Å². The second kappa shape index (κ2) is 6.25. The zero-order valence-corrected chi connectivity index (χ0v) is 10.8. The van der Waals surface area contributed by atoms with E-state index in [2.05, 4.69) is 10.6 Å². The van der Waals surface area contributed by atoms with E-state index < -0.39 is 0 Å². The van der Waals surface area contributed by atoms with Gasteiger partial charge in [-0.2, -0.15) is 0 Å². The van der Waals surface area contributed by atoms with Crippen LogP contribution in [0, 0.1) is 0 Å². The monoisotopic (exact) mass is 236 g/mol. The first-order valence-corrected chi connectivity index (χ1v) is 5.70. The van der Waals surface area contributed by atoms with Crippen molar-refractivity contribution < 1.29 is 9.53 Å². The summed E-state index contributed by atoms with van der Waals surface area (Å²) in [6.07, 6.45) is 0. The van der Waals surface area contributed by atoms with Crippen molar-refractivity contribution in [2.24, 2.45) is 0 Å². The third kappa shape index (κ3) is 3.46. The summed E-state index contributed by atoms with van der Waals surface area (Å²) >= 11 is 0. The number of methoxy groups -OCH3 is 1. The van der Waals surface area contributed by atoms with Gasteiger partial charge in [0.05, 0.1) is 19.2 Å². The maximum absolute atomic E-state index is 11.7. The number of para-hydroxylation sites is 1. The van der Waals surface area contributed by atoms with E-state index in [4.69, 9.17) is 4.74 Å². The van der Waals surface area contributed by atoms with Crippen LogP contribution in [0.25, 0.3) is 0 Å². The van der Waals surface area contributed by atoms with Crippen LogP contribution in [0.15, 0.2) is 24.3 Å². The topological polar surface area (TPSA) is 50.4 Å². The molecule has 0 aliphatic rings. The first kappa shape index (κ1) is 13.5. The molecule has 0 aromatic heterocycles. The van der Waals surface area contributed by atoms with Crippen molar-refractivity contribution in [1.29, 1.82) is 0 Å². The van der Waals surface area contributed by atoms with Gasteiger partial charge in [0.25, 0.3) is 0 Å². The molecule has 94 valence electrons. The number of hydrogen-bond acceptors (Lipinski definition) is 3. The third-order valence-electron chi connectivity index (χ3n) is 2.79. The Morgan fingerprint density at radius 2 is 1.94 bits per heavy atom. The fraction of sp³-hybridized carbons (Fsp3) is 0.462. The van der Waals surface area contributed by atoms with Crippen molar-refractivity contribution in [1.82, 2.24) is 10.6 Å². The largest absolute Gasteiger partial charge is 0.496 e. The Morgan fingerprint density at radius 1 is 1.29 bits per heavy atom. The van der Waals surface area contributed by atoms with Crippen molar-refractivity contribution in [2.75, 3.05) is 14.2 Å². The van der Waals surface area contributed by atoms with Crippen LogP contribution in [0.2, 0.25) is 0 Å². The van der Waals surface area contributed by atoms with Crippen molar-refractivity contribution in [3.05, 3.63) is 29.8 Å². The highest BCUT2D eigenvalue weighted by molar-refractivity contribution is 5.81. The van der Waals surface area contributed by atoms with E-state index >= 15 is 0 Å². The van der Waals surface area contributed by atoms with E-state index in [-0.39, 0.29) is 18.0 Å². The smallest absolute Gasteiger partial charge is 0.237 e. The van der Waals surface area contributed by atoms with Crippen LogP contribution < -0.4 is 15.4 Å². The quantitative estimate of drug-likeness (QED) is 0.814. The van der Waals surface area contributed by atoms with Gasteiger partial charge in [0.1, 0.15) is 5.75 Å². The molecule has 1 amide bonds. The Balaban J connectivity index is 2.76. The van der Waals surface area contributed by atoms with Crippen LogP contribution in [-0.2, 0) is 4.79 Å². The molecule has 0 aliphatic heterocycles. The fourth-order valence-corrected chi connectivity index (χ4v) is 1.57. The molecule has 2 N–H and O–H groups in total. The lowest BCUT2D eigenvalue weighted by Crippen LogP contribution is -2.41. The van der Waals surface area contributed by atoms with Gasteiger partial charge < -0.3 is 15.4 Å². The fourth-order valence-electron chi connectivity index (χ4n) is 1.57. The van der Waals surface area contributed by atoms with Gasteiger partial charge in [0.15, 0.2) is 0 Å². The Labute approximate surface area is 102 Å². The van der Waals surface area contributed by atoms with Crippen molar-refractivity contribution in [3.8, 4) is 5.75 Å². The molecule has 4 nitrogen and oxygen atoms in total. The van der Waals surface area contributed by atoms with Crippen LogP contribution in [0.4, 0.5) is 0 Å². The van der Waals surface area contributed by atoms with E-state index in [9.17, 15) is 4.79 Å². The summed E-state index contributed by atoms with van der Waals surface area (Å²) in [4.78, 5) is 11.7. The summed E-state index contributed by atoms with van der Waals surface area (Å²) in [6, 6.07) is 7.41. The van der Waals surface area contributed by atoms with Crippen LogP contribution in [-0.4, -0.2) is 26.1 Å². The van der Waals surface area contributed by atoms with Gasteiger partial charge in [-0.15, -0.1) is 0 Å². The van der Waals surface area contributed by atoms with Gasteiger partial charge in [0, 0.05) is 5.56 Å². The zero-order valence-electron chi connectivity index (χ0n) is 10.8. The molecule has 0 fully saturated rings. The second-order valence-electron chi connectivity index (χ2n) is 3.98. The lowest BCUT2D eigenvalue weighted by atomic mass is 10.1. The number of benzene rings is 1. The standard InChI is InChI=1S/C13H20N2O2/c1-9(15-13(16)10(2)14-3)11-7-5-6-8-12(11)17-4/h5-10,14H,1-4H3,(H,15,16)/t9-,10?/m1/s1. The highest BCUT2D eigenvalue weighted by Crippen LogP contribution is 2.24. The number of nitrogens with one attached hydrogen (secondary N) is 2. The number of ether oxygens (including phenoxy) is 1. The SMILES string of the molecule is CNC(C)C(=O)N[C@H](C)c1ccccc1OC. The lowest BCUT2D eigenvalue weighted by Gasteiger charge is -2.19. The number of likely N-dealkylation sites (N-methyl/N-ethyl adjacent to an activating group) is 1. The molecule has 4 heteroatoms. The summed E-state index contributed by atoms with van der Waals surface area (Å²) in [5.41, 5.74) is 0.978. The van der Waals surface area contributed by atoms with Crippen molar-refractivity contribution in [2.45, 2.75) is 25.9 Å². The second-order valence-corrected chi connectivity index (χ2v) is 3.98. The molecule has 17 heavy (non-hydrogen) atoms. The third-order valence-corrected chi connectivity index (χ3v) is 2.79. The molecule has 2 atom stereocenters.